The topological polar surface area (TPSA) is 46.2 Å². The highest BCUT2D eigenvalue weighted by Crippen LogP contribution is 2.20. The van der Waals surface area contributed by atoms with Gasteiger partial charge in [-0.25, -0.2) is 4.39 Å². The molecular formula is C10H14FNO. The first-order chi connectivity index (χ1) is 6.15. The predicted molar refractivity (Wildman–Crippen MR) is 49.8 cm³/mol. The number of hydrogen-bond donors (Lipinski definition) is 2. The molecule has 0 aliphatic rings. The molecule has 0 aromatic heterocycles. The van der Waals surface area contributed by atoms with Crippen LogP contribution in [0.15, 0.2) is 18.2 Å². The maximum absolute atomic E-state index is 12.8. The summed E-state index contributed by atoms with van der Waals surface area (Å²) in [5, 5.41) is 9.58. The summed E-state index contributed by atoms with van der Waals surface area (Å²) in [5.41, 5.74) is 6.82. The lowest BCUT2D eigenvalue weighted by atomic mass is 10.0. The Bertz CT molecular complexity index is 288. The molecule has 72 valence electrons. The molecule has 0 heterocycles. The van der Waals surface area contributed by atoms with Crippen LogP contribution in [0.25, 0.3) is 0 Å². The summed E-state index contributed by atoms with van der Waals surface area (Å²) in [7, 11) is 0. The summed E-state index contributed by atoms with van der Waals surface area (Å²) in [4.78, 5) is 0. The van der Waals surface area contributed by atoms with Gasteiger partial charge in [0.15, 0.2) is 0 Å². The molecule has 13 heavy (non-hydrogen) atoms. The van der Waals surface area contributed by atoms with E-state index in [9.17, 15) is 9.50 Å². The number of nitrogens with two attached hydrogens (primary N) is 1. The molecule has 1 unspecified atom stereocenters. The van der Waals surface area contributed by atoms with Crippen LogP contribution in [0.1, 0.15) is 23.7 Å². The molecule has 0 aliphatic carbocycles. The molecule has 1 aromatic carbocycles. The van der Waals surface area contributed by atoms with Gasteiger partial charge in [-0.15, -0.1) is 0 Å². The lowest BCUT2D eigenvalue weighted by molar-refractivity contribution is 0.169. The van der Waals surface area contributed by atoms with Gasteiger partial charge in [0.1, 0.15) is 5.82 Å². The Morgan fingerprint density at radius 3 is 2.85 bits per heavy atom. The largest absolute Gasteiger partial charge is 0.388 e. The summed E-state index contributed by atoms with van der Waals surface area (Å²) in [6, 6.07) is 4.40. The first kappa shape index (κ1) is 10.2. The van der Waals surface area contributed by atoms with E-state index >= 15 is 0 Å². The van der Waals surface area contributed by atoms with E-state index in [0.29, 0.717) is 18.5 Å². The number of hydrogen-bond acceptors (Lipinski definition) is 2. The van der Waals surface area contributed by atoms with Crippen LogP contribution >= 0.6 is 0 Å². The van der Waals surface area contributed by atoms with Crippen LogP contribution in [0.2, 0.25) is 0 Å². The summed E-state index contributed by atoms with van der Waals surface area (Å²) in [6.07, 6.45) is -0.190. The van der Waals surface area contributed by atoms with Gasteiger partial charge in [-0.1, -0.05) is 6.07 Å². The average molecular weight is 183 g/mol. The molecule has 0 saturated heterocycles. The fourth-order valence-electron chi connectivity index (χ4n) is 1.28. The van der Waals surface area contributed by atoms with Crippen LogP contribution < -0.4 is 5.73 Å². The molecule has 0 aliphatic heterocycles. The molecule has 2 nitrogen and oxygen atoms in total. The highest BCUT2D eigenvalue weighted by molar-refractivity contribution is 5.28. The zero-order valence-corrected chi connectivity index (χ0v) is 7.63. The van der Waals surface area contributed by atoms with Crippen molar-refractivity contribution < 1.29 is 9.50 Å². The van der Waals surface area contributed by atoms with Crippen molar-refractivity contribution in [2.45, 2.75) is 19.4 Å². The number of halogens is 1. The molecule has 1 aromatic rings. The maximum Gasteiger partial charge on any atom is 0.123 e. The van der Waals surface area contributed by atoms with E-state index in [1.165, 1.54) is 12.1 Å². The average Bonchev–Trinajstić information content (AvgIpc) is 2.09. The highest BCUT2D eigenvalue weighted by Gasteiger charge is 2.09. The van der Waals surface area contributed by atoms with Crippen LogP contribution in [-0.4, -0.2) is 11.7 Å². The van der Waals surface area contributed by atoms with Crippen LogP contribution in [0.5, 0.6) is 0 Å². The van der Waals surface area contributed by atoms with Crippen LogP contribution in [0, 0.1) is 12.7 Å². The van der Waals surface area contributed by atoms with Crippen molar-refractivity contribution in [2.75, 3.05) is 6.54 Å². The normalized spacial score (nSPS) is 12.9. The molecule has 0 spiro atoms. The smallest absolute Gasteiger partial charge is 0.123 e. The highest BCUT2D eigenvalue weighted by atomic mass is 19.1. The van der Waals surface area contributed by atoms with Crippen molar-refractivity contribution >= 4 is 0 Å². The Morgan fingerprint density at radius 1 is 1.54 bits per heavy atom. The van der Waals surface area contributed by atoms with E-state index in [-0.39, 0.29) is 5.82 Å². The van der Waals surface area contributed by atoms with E-state index in [1.54, 1.807) is 6.07 Å². The maximum atomic E-state index is 12.8. The molecule has 0 saturated carbocycles. The van der Waals surface area contributed by atoms with Gasteiger partial charge < -0.3 is 10.8 Å². The molecule has 1 rings (SSSR count). The van der Waals surface area contributed by atoms with E-state index in [1.807, 2.05) is 6.92 Å². The Balaban J connectivity index is 2.91. The third kappa shape index (κ3) is 2.50. The van der Waals surface area contributed by atoms with Crippen molar-refractivity contribution in [3.63, 3.8) is 0 Å². The lowest BCUT2D eigenvalue weighted by Crippen LogP contribution is -2.08. The van der Waals surface area contributed by atoms with E-state index in [0.717, 1.165) is 5.56 Å². The molecule has 3 N–H and O–H groups in total. The van der Waals surface area contributed by atoms with E-state index in [4.69, 9.17) is 5.73 Å². The van der Waals surface area contributed by atoms with Gasteiger partial charge in [0.25, 0.3) is 0 Å². The lowest BCUT2D eigenvalue weighted by Gasteiger charge is -2.12. The SMILES string of the molecule is Cc1ccc(F)cc1C(O)CCN. The Hall–Kier alpha value is -0.930. The van der Waals surface area contributed by atoms with Crippen LogP contribution in [0.4, 0.5) is 4.39 Å². The van der Waals surface area contributed by atoms with Gasteiger partial charge in [-0.3, -0.25) is 0 Å². The molecule has 0 fully saturated rings. The summed E-state index contributed by atoms with van der Waals surface area (Å²) in [6.45, 7) is 2.24. The number of benzene rings is 1. The van der Waals surface area contributed by atoms with Crippen molar-refractivity contribution in [3.05, 3.63) is 35.1 Å². The number of rotatable bonds is 3. The monoisotopic (exact) mass is 183 g/mol. The molecule has 0 amide bonds. The number of aryl methyl sites for hydroxylation is 1. The minimum atomic E-state index is -0.652. The number of aliphatic hydroxyl groups is 1. The van der Waals surface area contributed by atoms with E-state index in [2.05, 4.69) is 0 Å². The Kier molecular flexibility index (Phi) is 3.39. The second-order valence-corrected chi connectivity index (χ2v) is 3.09. The summed E-state index contributed by atoms with van der Waals surface area (Å²) < 4.78 is 12.8. The Morgan fingerprint density at radius 2 is 2.23 bits per heavy atom. The van der Waals surface area contributed by atoms with E-state index < -0.39 is 6.10 Å². The number of aliphatic hydroxyl groups excluding tert-OH is 1. The summed E-state index contributed by atoms with van der Waals surface area (Å²) >= 11 is 0. The molecular weight excluding hydrogens is 169 g/mol. The first-order valence-corrected chi connectivity index (χ1v) is 4.29. The predicted octanol–water partition coefficient (Wildman–Crippen LogP) is 1.52. The molecule has 3 heteroatoms. The van der Waals surface area contributed by atoms with Crippen LogP contribution in [-0.2, 0) is 0 Å². The van der Waals surface area contributed by atoms with Gasteiger partial charge in [0.05, 0.1) is 6.10 Å². The van der Waals surface area contributed by atoms with Gasteiger partial charge in [-0.2, -0.15) is 0 Å². The van der Waals surface area contributed by atoms with Gasteiger partial charge in [0.2, 0.25) is 0 Å². The summed E-state index contributed by atoms with van der Waals surface area (Å²) in [5.74, 6) is -0.323. The Labute approximate surface area is 77.2 Å². The quantitative estimate of drug-likeness (QED) is 0.746. The minimum Gasteiger partial charge on any atom is -0.388 e. The second kappa shape index (κ2) is 4.35. The third-order valence-corrected chi connectivity index (χ3v) is 2.04. The van der Waals surface area contributed by atoms with Crippen molar-refractivity contribution in [2.24, 2.45) is 5.73 Å². The minimum absolute atomic E-state index is 0.323. The molecule has 1 atom stereocenters. The first-order valence-electron chi connectivity index (χ1n) is 4.29. The fraction of sp³-hybridized carbons (Fsp3) is 0.400. The van der Waals surface area contributed by atoms with Crippen molar-refractivity contribution in [1.82, 2.24) is 0 Å². The standard InChI is InChI=1S/C10H14FNO/c1-7-2-3-8(11)6-9(7)10(13)4-5-12/h2-3,6,10,13H,4-5,12H2,1H3. The van der Waals surface area contributed by atoms with Crippen molar-refractivity contribution in [3.8, 4) is 0 Å². The third-order valence-electron chi connectivity index (χ3n) is 2.04. The zero-order valence-electron chi connectivity index (χ0n) is 7.63. The van der Waals surface area contributed by atoms with Gasteiger partial charge in [-0.05, 0) is 43.1 Å². The van der Waals surface area contributed by atoms with Gasteiger partial charge in [0, 0.05) is 0 Å². The van der Waals surface area contributed by atoms with Crippen molar-refractivity contribution in [1.29, 1.82) is 0 Å². The molecule has 0 bridgehead atoms. The second-order valence-electron chi connectivity index (χ2n) is 3.09. The fourth-order valence-corrected chi connectivity index (χ4v) is 1.28. The zero-order chi connectivity index (χ0) is 9.84. The molecule has 0 radical (unpaired) electrons. The van der Waals surface area contributed by atoms with Crippen LogP contribution in [0.3, 0.4) is 0 Å². The van der Waals surface area contributed by atoms with Gasteiger partial charge >= 0.3 is 0 Å².